The molecule has 1 aromatic heterocycles. The van der Waals surface area contributed by atoms with Crippen molar-refractivity contribution in [2.75, 3.05) is 39.9 Å². The molecule has 1 aliphatic heterocycles. The van der Waals surface area contributed by atoms with Gasteiger partial charge in [-0.2, -0.15) is 0 Å². The second-order valence-corrected chi connectivity index (χ2v) is 5.76. The lowest BCUT2D eigenvalue weighted by molar-refractivity contribution is 0.0111. The van der Waals surface area contributed by atoms with Crippen LogP contribution in [-0.2, 0) is 11.3 Å². The van der Waals surface area contributed by atoms with E-state index >= 15 is 0 Å². The molecule has 6 heteroatoms. The van der Waals surface area contributed by atoms with E-state index in [1.54, 1.807) is 18.4 Å². The summed E-state index contributed by atoms with van der Waals surface area (Å²) >= 11 is 1.65. The summed E-state index contributed by atoms with van der Waals surface area (Å²) in [6.07, 6.45) is 2.63. The van der Waals surface area contributed by atoms with Gasteiger partial charge in [0, 0.05) is 38.3 Å². The molecule has 2 heterocycles. The zero-order chi connectivity index (χ0) is 12.8. The molecule has 0 spiro atoms. The zero-order valence-electron chi connectivity index (χ0n) is 10.8. The van der Waals surface area contributed by atoms with Crippen LogP contribution in [-0.4, -0.2) is 60.5 Å². The third kappa shape index (κ3) is 4.00. The molecule has 1 saturated heterocycles. The molecule has 0 aliphatic carbocycles. The standard InChI is InChI=1S/C12H21N3O2S/c1-17-6-5-15(8-11-14-4-7-18-11)10-12(16)2-3-13-9-12/h4,7,13,16H,2-3,5-6,8-10H2,1H3/t12-/m1/s1. The highest BCUT2D eigenvalue weighted by Crippen LogP contribution is 2.18. The van der Waals surface area contributed by atoms with E-state index < -0.39 is 5.60 Å². The number of aliphatic hydroxyl groups is 1. The van der Waals surface area contributed by atoms with Gasteiger partial charge < -0.3 is 15.2 Å². The second kappa shape index (κ2) is 6.58. The summed E-state index contributed by atoms with van der Waals surface area (Å²) in [6, 6.07) is 0. The number of hydrogen-bond donors (Lipinski definition) is 2. The molecule has 2 N–H and O–H groups in total. The van der Waals surface area contributed by atoms with E-state index in [9.17, 15) is 5.11 Å². The maximum atomic E-state index is 10.4. The highest BCUT2D eigenvalue weighted by Gasteiger charge is 2.33. The first-order chi connectivity index (χ1) is 8.72. The molecule has 0 aromatic carbocycles. The zero-order valence-corrected chi connectivity index (χ0v) is 11.6. The molecule has 0 unspecified atom stereocenters. The van der Waals surface area contributed by atoms with Gasteiger partial charge in [-0.05, 0) is 13.0 Å². The number of rotatable bonds is 7. The van der Waals surface area contributed by atoms with Crippen molar-refractivity contribution >= 4 is 11.3 Å². The van der Waals surface area contributed by atoms with Crippen LogP contribution in [0, 0.1) is 0 Å². The van der Waals surface area contributed by atoms with Crippen molar-refractivity contribution < 1.29 is 9.84 Å². The van der Waals surface area contributed by atoms with Crippen LogP contribution >= 0.6 is 11.3 Å². The van der Waals surface area contributed by atoms with Crippen molar-refractivity contribution in [3.8, 4) is 0 Å². The maximum absolute atomic E-state index is 10.4. The van der Waals surface area contributed by atoms with E-state index in [4.69, 9.17) is 4.74 Å². The van der Waals surface area contributed by atoms with Crippen molar-refractivity contribution in [1.29, 1.82) is 0 Å². The van der Waals surface area contributed by atoms with Crippen LogP contribution in [0.1, 0.15) is 11.4 Å². The van der Waals surface area contributed by atoms with Crippen LogP contribution < -0.4 is 5.32 Å². The molecule has 0 saturated carbocycles. The molecule has 18 heavy (non-hydrogen) atoms. The molecule has 2 rings (SSSR count). The Labute approximate surface area is 112 Å². The van der Waals surface area contributed by atoms with Crippen molar-refractivity contribution in [2.45, 2.75) is 18.6 Å². The van der Waals surface area contributed by atoms with E-state index in [1.807, 2.05) is 11.6 Å². The lowest BCUT2D eigenvalue weighted by Gasteiger charge is -2.30. The largest absolute Gasteiger partial charge is 0.387 e. The van der Waals surface area contributed by atoms with Crippen LogP contribution in [0.3, 0.4) is 0 Å². The molecule has 1 fully saturated rings. The van der Waals surface area contributed by atoms with Crippen LogP contribution in [0.2, 0.25) is 0 Å². The van der Waals surface area contributed by atoms with Crippen LogP contribution in [0.25, 0.3) is 0 Å². The topological polar surface area (TPSA) is 57.6 Å². The Bertz CT molecular complexity index is 339. The molecule has 0 amide bonds. The highest BCUT2D eigenvalue weighted by atomic mass is 32.1. The van der Waals surface area contributed by atoms with Crippen LogP contribution in [0.5, 0.6) is 0 Å². The highest BCUT2D eigenvalue weighted by molar-refractivity contribution is 7.09. The summed E-state index contributed by atoms with van der Waals surface area (Å²) in [5.74, 6) is 0. The van der Waals surface area contributed by atoms with E-state index in [2.05, 4.69) is 15.2 Å². The first-order valence-electron chi connectivity index (χ1n) is 6.25. The fourth-order valence-corrected chi connectivity index (χ4v) is 2.90. The van der Waals surface area contributed by atoms with Gasteiger partial charge in [0.2, 0.25) is 0 Å². The van der Waals surface area contributed by atoms with Gasteiger partial charge in [-0.1, -0.05) is 0 Å². The molecular formula is C12H21N3O2S. The smallest absolute Gasteiger partial charge is 0.107 e. The van der Waals surface area contributed by atoms with Gasteiger partial charge >= 0.3 is 0 Å². The first-order valence-corrected chi connectivity index (χ1v) is 7.13. The fraction of sp³-hybridized carbons (Fsp3) is 0.750. The summed E-state index contributed by atoms with van der Waals surface area (Å²) in [5, 5.41) is 16.7. The van der Waals surface area contributed by atoms with Crippen LogP contribution in [0.15, 0.2) is 11.6 Å². The second-order valence-electron chi connectivity index (χ2n) is 4.78. The molecule has 1 aliphatic rings. The Balaban J connectivity index is 1.91. The number of nitrogens with zero attached hydrogens (tertiary/aromatic N) is 2. The number of ether oxygens (including phenoxy) is 1. The number of methoxy groups -OCH3 is 1. The minimum Gasteiger partial charge on any atom is -0.387 e. The summed E-state index contributed by atoms with van der Waals surface area (Å²) in [7, 11) is 1.70. The van der Waals surface area contributed by atoms with Crippen molar-refractivity contribution in [3.63, 3.8) is 0 Å². The van der Waals surface area contributed by atoms with Crippen molar-refractivity contribution in [2.24, 2.45) is 0 Å². The molecule has 1 atom stereocenters. The third-order valence-electron chi connectivity index (χ3n) is 3.19. The monoisotopic (exact) mass is 271 g/mol. The normalized spacial score (nSPS) is 23.9. The summed E-state index contributed by atoms with van der Waals surface area (Å²) < 4.78 is 5.13. The van der Waals surface area contributed by atoms with Gasteiger partial charge in [0.1, 0.15) is 5.01 Å². The average Bonchev–Trinajstić information content (AvgIpc) is 2.98. The molecule has 0 bridgehead atoms. The Hall–Kier alpha value is -0.530. The Kier molecular flexibility index (Phi) is 5.08. The van der Waals surface area contributed by atoms with Crippen molar-refractivity contribution in [3.05, 3.63) is 16.6 Å². The number of aromatic nitrogens is 1. The number of β-amino-alcohol motifs (C(OH)–C–C–N with tert-alkyl or cyclic N) is 1. The SMILES string of the molecule is COCCN(Cc1nccs1)C[C@@]1(O)CCNC1. The number of thiazole rings is 1. The lowest BCUT2D eigenvalue weighted by Crippen LogP contribution is -2.45. The van der Waals surface area contributed by atoms with E-state index in [0.29, 0.717) is 19.7 Å². The summed E-state index contributed by atoms with van der Waals surface area (Å²) in [6.45, 7) is 4.51. The minimum absolute atomic E-state index is 0.606. The van der Waals surface area contributed by atoms with Gasteiger partial charge in [-0.15, -0.1) is 11.3 Å². The van der Waals surface area contributed by atoms with Gasteiger partial charge in [-0.25, -0.2) is 4.98 Å². The molecule has 5 nitrogen and oxygen atoms in total. The molecule has 102 valence electrons. The first kappa shape index (κ1) is 13.9. The quantitative estimate of drug-likeness (QED) is 0.748. The average molecular weight is 271 g/mol. The Morgan fingerprint density at radius 1 is 1.67 bits per heavy atom. The number of nitrogens with one attached hydrogen (secondary N) is 1. The third-order valence-corrected chi connectivity index (χ3v) is 3.96. The predicted octanol–water partition coefficient (Wildman–Crippen LogP) is 0.316. The van der Waals surface area contributed by atoms with Gasteiger partial charge in [-0.3, -0.25) is 4.90 Å². The maximum Gasteiger partial charge on any atom is 0.107 e. The summed E-state index contributed by atoms with van der Waals surface area (Å²) in [4.78, 5) is 6.52. The van der Waals surface area contributed by atoms with Gasteiger partial charge in [0.15, 0.2) is 0 Å². The van der Waals surface area contributed by atoms with E-state index in [0.717, 1.165) is 31.1 Å². The minimum atomic E-state index is -0.606. The Morgan fingerprint density at radius 3 is 3.17 bits per heavy atom. The van der Waals surface area contributed by atoms with E-state index in [1.165, 1.54) is 0 Å². The molecular weight excluding hydrogens is 250 g/mol. The Morgan fingerprint density at radius 2 is 2.56 bits per heavy atom. The van der Waals surface area contributed by atoms with Crippen LogP contribution in [0.4, 0.5) is 0 Å². The molecule has 1 aromatic rings. The lowest BCUT2D eigenvalue weighted by atomic mass is 10.0. The summed E-state index contributed by atoms with van der Waals surface area (Å²) in [5.41, 5.74) is -0.606. The van der Waals surface area contributed by atoms with Crippen molar-refractivity contribution in [1.82, 2.24) is 15.2 Å². The molecule has 0 radical (unpaired) electrons. The van der Waals surface area contributed by atoms with Gasteiger partial charge in [0.25, 0.3) is 0 Å². The fourth-order valence-electron chi connectivity index (χ4n) is 2.24. The van der Waals surface area contributed by atoms with Gasteiger partial charge in [0.05, 0.1) is 18.8 Å². The van der Waals surface area contributed by atoms with E-state index in [-0.39, 0.29) is 0 Å². The predicted molar refractivity (Wildman–Crippen MR) is 71.7 cm³/mol. The number of hydrogen-bond acceptors (Lipinski definition) is 6.